The summed E-state index contributed by atoms with van der Waals surface area (Å²) in [6.45, 7) is 0. The van der Waals surface area contributed by atoms with Crippen LogP contribution in [0.5, 0.6) is 0 Å². The molecule has 3 aromatic rings. The van der Waals surface area contributed by atoms with Gasteiger partial charge < -0.3 is 5.32 Å². The minimum atomic E-state index is -4.52. The van der Waals surface area contributed by atoms with Crippen molar-refractivity contribution in [1.82, 2.24) is 10.5 Å². The molecule has 9 heteroatoms. The number of benzene rings is 2. The van der Waals surface area contributed by atoms with Crippen molar-refractivity contribution in [3.05, 3.63) is 77.6 Å². The topological polar surface area (TPSA) is 86.6 Å². The lowest BCUT2D eigenvalue weighted by Gasteiger charge is -2.14. The second kappa shape index (κ2) is 7.60. The first-order chi connectivity index (χ1) is 14.3. The van der Waals surface area contributed by atoms with Crippen LogP contribution < -0.4 is 10.8 Å². The first-order valence-corrected chi connectivity index (χ1v) is 8.89. The number of aromatic nitrogens is 1. The number of carbonyl (C=O) groups excluding carboxylic acids is 1. The molecule has 0 spiro atoms. The number of hydrogen-bond acceptors (Lipinski definition) is 5. The third kappa shape index (κ3) is 3.87. The Hall–Kier alpha value is -3.72. The number of carbonyl (C=O) groups is 1. The van der Waals surface area contributed by atoms with Crippen LogP contribution in [-0.4, -0.2) is 21.9 Å². The maximum atomic E-state index is 13.7. The van der Waals surface area contributed by atoms with E-state index in [0.29, 0.717) is 28.3 Å². The number of anilines is 1. The monoisotopic (exact) mass is 412 g/mol. The van der Waals surface area contributed by atoms with E-state index in [2.05, 4.69) is 15.3 Å². The lowest BCUT2D eigenvalue weighted by atomic mass is 9.96. The van der Waals surface area contributed by atoms with Crippen LogP contribution in [0.2, 0.25) is 0 Å². The van der Waals surface area contributed by atoms with Gasteiger partial charge in [-0.2, -0.15) is 13.2 Å². The van der Waals surface area contributed by atoms with E-state index >= 15 is 0 Å². The Balaban J connectivity index is 1.67. The van der Waals surface area contributed by atoms with E-state index in [1.165, 1.54) is 42.7 Å². The minimum absolute atomic E-state index is 0.0373. The van der Waals surface area contributed by atoms with E-state index < -0.39 is 17.6 Å². The van der Waals surface area contributed by atoms with Gasteiger partial charge in [0.2, 0.25) is 0 Å². The summed E-state index contributed by atoms with van der Waals surface area (Å²) in [4.78, 5) is 19.8. The Bertz CT molecular complexity index is 1140. The number of amidine groups is 1. The summed E-state index contributed by atoms with van der Waals surface area (Å²) in [5.74, 6) is -0.223. The maximum Gasteiger partial charge on any atom is 0.417 e. The normalized spacial score (nSPS) is 12.9. The highest BCUT2D eigenvalue weighted by atomic mass is 19.4. The molecule has 2 aromatic carbocycles. The number of alkyl halides is 3. The molecule has 0 radical (unpaired) electrons. The highest BCUT2D eigenvalue weighted by Gasteiger charge is 2.35. The molecule has 1 aliphatic heterocycles. The molecule has 30 heavy (non-hydrogen) atoms. The molecule has 0 aliphatic carbocycles. The van der Waals surface area contributed by atoms with Crippen molar-refractivity contribution in [2.45, 2.75) is 12.6 Å². The molecule has 0 saturated heterocycles. The molecule has 1 amide bonds. The summed E-state index contributed by atoms with van der Waals surface area (Å²) in [6.07, 6.45) is -1.45. The Kier molecular flexibility index (Phi) is 4.96. The van der Waals surface area contributed by atoms with Gasteiger partial charge in [0.1, 0.15) is 5.84 Å². The summed E-state index contributed by atoms with van der Waals surface area (Å²) in [5.41, 5.74) is 2.90. The summed E-state index contributed by atoms with van der Waals surface area (Å²) < 4.78 is 41.0. The fourth-order valence-corrected chi connectivity index (χ4v) is 3.29. The molecule has 0 fully saturated rings. The van der Waals surface area contributed by atoms with E-state index in [1.54, 1.807) is 17.6 Å². The number of fused-ring (bicyclic) bond motifs is 1. The fourth-order valence-electron chi connectivity index (χ4n) is 3.29. The molecular weight excluding hydrogens is 397 g/mol. The van der Waals surface area contributed by atoms with Crippen LogP contribution in [0.25, 0.3) is 11.1 Å². The van der Waals surface area contributed by atoms with Crippen molar-refractivity contribution in [1.29, 1.82) is 0 Å². The van der Waals surface area contributed by atoms with Crippen LogP contribution in [0.3, 0.4) is 0 Å². The second-order valence-electron chi connectivity index (χ2n) is 6.64. The zero-order valence-electron chi connectivity index (χ0n) is 15.4. The van der Waals surface area contributed by atoms with Crippen LogP contribution in [-0.2, 0) is 12.6 Å². The molecule has 0 bridgehead atoms. The van der Waals surface area contributed by atoms with Crippen LogP contribution >= 0.6 is 0 Å². The van der Waals surface area contributed by atoms with Gasteiger partial charge in [-0.05, 0) is 59.2 Å². The summed E-state index contributed by atoms with van der Waals surface area (Å²) >= 11 is 0. The average Bonchev–Trinajstić information content (AvgIpc) is 3.13. The zero-order valence-corrected chi connectivity index (χ0v) is 15.4. The first-order valence-electron chi connectivity index (χ1n) is 8.89. The number of amides is 1. The first kappa shape index (κ1) is 19.6. The van der Waals surface area contributed by atoms with Gasteiger partial charge in [-0.25, -0.2) is 10.5 Å². The Labute approximate surface area is 169 Å². The Morgan fingerprint density at radius 2 is 1.83 bits per heavy atom. The van der Waals surface area contributed by atoms with Crippen molar-refractivity contribution in [2.24, 2.45) is 4.99 Å². The summed E-state index contributed by atoms with van der Waals surface area (Å²) in [7, 11) is 0. The molecule has 1 aromatic heterocycles. The number of nitrogens with one attached hydrogen (secondary N) is 2. The lowest BCUT2D eigenvalue weighted by molar-refractivity contribution is -0.137. The van der Waals surface area contributed by atoms with Gasteiger partial charge in [0.25, 0.3) is 5.91 Å². The largest absolute Gasteiger partial charge is 0.417 e. The molecule has 4 rings (SSSR count). The van der Waals surface area contributed by atoms with Crippen LogP contribution in [0.4, 0.5) is 24.5 Å². The van der Waals surface area contributed by atoms with Crippen LogP contribution in [0, 0.1) is 0 Å². The average molecular weight is 412 g/mol. The Morgan fingerprint density at radius 3 is 2.53 bits per heavy atom. The predicted octanol–water partition coefficient (Wildman–Crippen LogP) is 4.58. The van der Waals surface area contributed by atoms with Crippen LogP contribution in [0.1, 0.15) is 21.5 Å². The van der Waals surface area contributed by atoms with Crippen molar-refractivity contribution in [3.8, 4) is 11.1 Å². The molecule has 2 heterocycles. The van der Waals surface area contributed by atoms with Gasteiger partial charge in [-0.1, -0.05) is 6.07 Å². The second-order valence-corrected chi connectivity index (χ2v) is 6.64. The summed E-state index contributed by atoms with van der Waals surface area (Å²) in [5, 5.41) is 11.8. The maximum absolute atomic E-state index is 13.7. The number of nitrogens with zero attached hydrogens (tertiary/aromatic N) is 2. The molecular formula is C21H15F3N4O2. The molecule has 0 unspecified atom stereocenters. The quantitative estimate of drug-likeness (QED) is 0.434. The van der Waals surface area contributed by atoms with Gasteiger partial charge >= 0.3 is 6.18 Å². The Morgan fingerprint density at radius 1 is 1.07 bits per heavy atom. The third-order valence-corrected chi connectivity index (χ3v) is 4.64. The third-order valence-electron chi connectivity index (χ3n) is 4.64. The number of hydroxylamine groups is 1. The highest BCUT2D eigenvalue weighted by Crippen LogP contribution is 2.42. The number of pyridine rings is 1. The minimum Gasteiger partial charge on any atom is -0.343 e. The SMILES string of the molecule is O=C(NO)c1cccc(NC2=Nc3cc(-c4ccncc4)c(C(F)(F)F)cc3C2)c1. The molecule has 152 valence electrons. The van der Waals surface area contributed by atoms with Crippen molar-refractivity contribution in [3.63, 3.8) is 0 Å². The lowest BCUT2D eigenvalue weighted by Crippen LogP contribution is -2.19. The van der Waals surface area contributed by atoms with Gasteiger partial charge in [0, 0.05) is 30.1 Å². The summed E-state index contributed by atoms with van der Waals surface area (Å²) in [6, 6.07) is 11.9. The van der Waals surface area contributed by atoms with Crippen molar-refractivity contribution < 1.29 is 23.2 Å². The van der Waals surface area contributed by atoms with E-state index in [9.17, 15) is 18.0 Å². The zero-order chi connectivity index (χ0) is 21.3. The highest BCUT2D eigenvalue weighted by molar-refractivity contribution is 6.03. The molecule has 0 atom stereocenters. The number of hydrogen-bond donors (Lipinski definition) is 3. The van der Waals surface area contributed by atoms with Crippen LogP contribution in [0.15, 0.2) is 65.9 Å². The van der Waals surface area contributed by atoms with Crippen molar-refractivity contribution >= 4 is 23.1 Å². The number of halogens is 3. The molecule has 3 N–H and O–H groups in total. The molecule has 0 saturated carbocycles. The van der Waals surface area contributed by atoms with Gasteiger partial charge in [-0.3, -0.25) is 15.0 Å². The van der Waals surface area contributed by atoms with E-state index in [0.717, 1.165) is 6.07 Å². The van der Waals surface area contributed by atoms with E-state index in [4.69, 9.17) is 5.21 Å². The van der Waals surface area contributed by atoms with Gasteiger partial charge in [0.15, 0.2) is 0 Å². The number of aliphatic imine (C=N–C) groups is 1. The fraction of sp³-hybridized carbons (Fsp3) is 0.0952. The number of rotatable bonds is 3. The van der Waals surface area contributed by atoms with Gasteiger partial charge in [0.05, 0.1) is 11.3 Å². The smallest absolute Gasteiger partial charge is 0.343 e. The van der Waals surface area contributed by atoms with Crippen molar-refractivity contribution in [2.75, 3.05) is 5.32 Å². The standard InChI is InChI=1S/C21H15F3N4O2/c22-21(23,24)17-9-14-10-19(26-15-3-1-2-13(8-15)20(29)28-30)27-18(14)11-16(17)12-4-6-25-7-5-12/h1-9,11,30H,10H2,(H,26,27)(H,28,29). The molecule has 1 aliphatic rings. The van der Waals surface area contributed by atoms with Gasteiger partial charge in [-0.15, -0.1) is 0 Å². The molecule has 6 nitrogen and oxygen atoms in total. The van der Waals surface area contributed by atoms with E-state index in [1.807, 2.05) is 0 Å². The predicted molar refractivity (Wildman–Crippen MR) is 105 cm³/mol. The van der Waals surface area contributed by atoms with E-state index in [-0.39, 0.29) is 17.5 Å².